The van der Waals surface area contributed by atoms with Gasteiger partial charge in [-0.15, -0.1) is 11.8 Å². The number of carbonyl (C=O) groups is 1. The maximum Gasteiger partial charge on any atom is 0.234 e. The van der Waals surface area contributed by atoms with Crippen molar-refractivity contribution in [3.05, 3.63) is 23.8 Å². The molecule has 1 aromatic carbocycles. The van der Waals surface area contributed by atoms with E-state index in [0.29, 0.717) is 5.75 Å². The van der Waals surface area contributed by atoms with Crippen molar-refractivity contribution in [3.8, 4) is 0 Å². The van der Waals surface area contributed by atoms with E-state index in [9.17, 15) is 4.79 Å². The van der Waals surface area contributed by atoms with Crippen molar-refractivity contribution in [1.29, 1.82) is 0 Å². The summed E-state index contributed by atoms with van der Waals surface area (Å²) in [6.07, 6.45) is 0. The lowest BCUT2D eigenvalue weighted by molar-refractivity contribution is -0.113. The summed E-state index contributed by atoms with van der Waals surface area (Å²) in [5, 5.41) is 5.97. The molecule has 0 spiro atoms. The molecule has 1 atom stereocenters. The molecule has 0 saturated heterocycles. The fourth-order valence-corrected chi connectivity index (χ4v) is 2.50. The van der Waals surface area contributed by atoms with Crippen LogP contribution in [0, 0.1) is 0 Å². The van der Waals surface area contributed by atoms with Crippen molar-refractivity contribution in [2.24, 2.45) is 0 Å². The molecular weight excluding hydrogens is 276 g/mol. The van der Waals surface area contributed by atoms with Gasteiger partial charge in [0.25, 0.3) is 0 Å². The first-order chi connectivity index (χ1) is 7.20. The minimum Gasteiger partial charge on any atom is -0.324 e. The second-order valence-corrected chi connectivity index (χ2v) is 5.18. The molecule has 0 saturated carbocycles. The molecule has 80 valence electrons. The molecule has 0 aromatic heterocycles. The van der Waals surface area contributed by atoms with Gasteiger partial charge in [-0.1, -0.05) is 22.0 Å². The molecule has 0 radical (unpaired) electrons. The number of hydrogen-bond acceptors (Lipinski definition) is 3. The number of amides is 1. The van der Waals surface area contributed by atoms with Gasteiger partial charge in [0.05, 0.1) is 16.4 Å². The molecule has 2 rings (SSSR count). The zero-order valence-electron chi connectivity index (χ0n) is 8.21. The lowest BCUT2D eigenvalue weighted by Crippen LogP contribution is -2.19. The van der Waals surface area contributed by atoms with Crippen LogP contribution in [0.4, 0.5) is 5.69 Å². The highest BCUT2D eigenvalue weighted by Gasteiger charge is 2.16. The average Bonchev–Trinajstić information content (AvgIpc) is 2.27. The molecule has 0 bridgehead atoms. The molecule has 1 unspecified atom stereocenters. The second-order valence-electron chi connectivity index (χ2n) is 3.24. The maximum atomic E-state index is 11.2. The van der Waals surface area contributed by atoms with E-state index in [0.717, 1.165) is 16.1 Å². The van der Waals surface area contributed by atoms with Gasteiger partial charge >= 0.3 is 0 Å². The van der Waals surface area contributed by atoms with E-state index < -0.39 is 0 Å². The van der Waals surface area contributed by atoms with E-state index in [1.807, 2.05) is 19.2 Å². The summed E-state index contributed by atoms with van der Waals surface area (Å²) >= 11 is 5.07. The van der Waals surface area contributed by atoms with Crippen molar-refractivity contribution in [2.45, 2.75) is 9.85 Å². The van der Waals surface area contributed by atoms with Gasteiger partial charge < -0.3 is 10.6 Å². The Morgan fingerprint density at radius 3 is 3.13 bits per heavy atom. The van der Waals surface area contributed by atoms with Gasteiger partial charge in [-0.3, -0.25) is 4.79 Å². The predicted molar refractivity (Wildman–Crippen MR) is 66.5 cm³/mol. The van der Waals surface area contributed by atoms with Crippen LogP contribution in [0.5, 0.6) is 0 Å². The first kappa shape index (κ1) is 11.0. The molecule has 1 aromatic rings. The molecule has 1 heterocycles. The summed E-state index contributed by atoms with van der Waals surface area (Å²) in [6.45, 7) is 0. The Morgan fingerprint density at radius 2 is 2.40 bits per heavy atom. The fourth-order valence-electron chi connectivity index (χ4n) is 1.43. The van der Waals surface area contributed by atoms with Crippen LogP contribution >= 0.6 is 27.7 Å². The van der Waals surface area contributed by atoms with Gasteiger partial charge in [0.1, 0.15) is 0 Å². The van der Waals surface area contributed by atoms with Crippen LogP contribution in [0.15, 0.2) is 23.1 Å². The maximum absolute atomic E-state index is 11.2. The predicted octanol–water partition coefficient (Wildman–Crippen LogP) is 2.34. The Balaban J connectivity index is 2.32. The Kier molecular flexibility index (Phi) is 3.33. The van der Waals surface area contributed by atoms with Crippen molar-refractivity contribution in [1.82, 2.24) is 5.32 Å². The molecule has 1 aliphatic rings. The lowest BCUT2D eigenvalue weighted by atomic mass is 10.2. The van der Waals surface area contributed by atoms with E-state index in [1.165, 1.54) is 0 Å². The van der Waals surface area contributed by atoms with Crippen molar-refractivity contribution >= 4 is 39.3 Å². The third-order valence-electron chi connectivity index (χ3n) is 2.18. The highest BCUT2D eigenvalue weighted by atomic mass is 79.9. The Labute approximate surface area is 101 Å². The summed E-state index contributed by atoms with van der Waals surface area (Å²) in [5.41, 5.74) is 2.02. The minimum atomic E-state index is 0.0697. The number of carbonyl (C=O) groups excluding carboxylic acids is 1. The molecule has 2 N–H and O–H groups in total. The van der Waals surface area contributed by atoms with Crippen LogP contribution < -0.4 is 10.6 Å². The number of nitrogens with one attached hydrogen (secondary N) is 2. The van der Waals surface area contributed by atoms with Gasteiger partial charge in [0, 0.05) is 4.90 Å². The summed E-state index contributed by atoms with van der Waals surface area (Å²) in [4.78, 5) is 12.5. The summed E-state index contributed by atoms with van der Waals surface area (Å²) < 4.78 is 0. The highest BCUT2D eigenvalue weighted by molar-refractivity contribution is 9.09. The van der Waals surface area contributed by atoms with Crippen LogP contribution in [0.2, 0.25) is 0 Å². The van der Waals surface area contributed by atoms with Gasteiger partial charge in [-0.2, -0.15) is 0 Å². The number of anilines is 1. The minimum absolute atomic E-state index is 0.0697. The topological polar surface area (TPSA) is 41.1 Å². The number of hydrogen-bond donors (Lipinski definition) is 2. The van der Waals surface area contributed by atoms with Gasteiger partial charge in [-0.05, 0) is 24.7 Å². The first-order valence-electron chi connectivity index (χ1n) is 4.58. The molecule has 15 heavy (non-hydrogen) atoms. The van der Waals surface area contributed by atoms with Gasteiger partial charge in [0.2, 0.25) is 5.91 Å². The SMILES string of the molecule is CNC(Br)c1ccc2c(c1)NC(=O)CS2. The molecule has 1 aliphatic heterocycles. The van der Waals surface area contributed by atoms with Crippen LogP contribution in [0.3, 0.4) is 0 Å². The van der Waals surface area contributed by atoms with Crippen LogP contribution in [-0.2, 0) is 4.79 Å². The van der Waals surface area contributed by atoms with Crippen LogP contribution in [0.1, 0.15) is 10.5 Å². The molecule has 5 heteroatoms. The molecule has 0 fully saturated rings. The quantitative estimate of drug-likeness (QED) is 0.648. The number of rotatable bonds is 2. The third kappa shape index (κ3) is 2.35. The third-order valence-corrected chi connectivity index (χ3v) is 4.24. The standard InChI is InChI=1S/C10H11BrN2OS/c1-12-10(11)6-2-3-8-7(4-6)13-9(14)5-15-8/h2-4,10,12H,5H2,1H3,(H,13,14). The Hall–Kier alpha value is -0.520. The summed E-state index contributed by atoms with van der Waals surface area (Å²) in [7, 11) is 1.88. The van der Waals surface area contributed by atoms with E-state index in [4.69, 9.17) is 0 Å². The monoisotopic (exact) mass is 286 g/mol. The smallest absolute Gasteiger partial charge is 0.234 e. The fraction of sp³-hybridized carbons (Fsp3) is 0.300. The normalized spacial score (nSPS) is 16.8. The highest BCUT2D eigenvalue weighted by Crippen LogP contribution is 2.34. The summed E-state index contributed by atoms with van der Waals surface area (Å²) in [5.74, 6) is 0.580. The average molecular weight is 287 g/mol. The number of alkyl halides is 1. The van der Waals surface area contributed by atoms with Crippen molar-refractivity contribution in [2.75, 3.05) is 18.1 Å². The number of fused-ring (bicyclic) bond motifs is 1. The second kappa shape index (κ2) is 4.55. The van der Waals surface area contributed by atoms with E-state index >= 15 is 0 Å². The van der Waals surface area contributed by atoms with E-state index in [-0.39, 0.29) is 10.9 Å². The number of thioether (sulfide) groups is 1. The van der Waals surface area contributed by atoms with E-state index in [1.54, 1.807) is 11.8 Å². The van der Waals surface area contributed by atoms with Crippen molar-refractivity contribution < 1.29 is 4.79 Å². The number of benzene rings is 1. The van der Waals surface area contributed by atoms with Gasteiger partial charge in [0.15, 0.2) is 0 Å². The van der Waals surface area contributed by atoms with Crippen molar-refractivity contribution in [3.63, 3.8) is 0 Å². The zero-order valence-corrected chi connectivity index (χ0v) is 10.6. The van der Waals surface area contributed by atoms with Crippen LogP contribution in [0.25, 0.3) is 0 Å². The van der Waals surface area contributed by atoms with Crippen LogP contribution in [-0.4, -0.2) is 18.7 Å². The Morgan fingerprint density at radius 1 is 1.60 bits per heavy atom. The Bertz CT molecular complexity index is 397. The number of halogens is 1. The molecule has 0 aliphatic carbocycles. The van der Waals surface area contributed by atoms with Gasteiger partial charge in [-0.25, -0.2) is 0 Å². The largest absolute Gasteiger partial charge is 0.324 e. The molecule has 3 nitrogen and oxygen atoms in total. The van der Waals surface area contributed by atoms with E-state index in [2.05, 4.69) is 32.6 Å². The summed E-state index contributed by atoms with van der Waals surface area (Å²) in [6, 6.07) is 6.09. The first-order valence-corrected chi connectivity index (χ1v) is 6.49. The molecular formula is C10H11BrN2OS. The molecule has 1 amide bonds. The zero-order chi connectivity index (χ0) is 10.8. The lowest BCUT2D eigenvalue weighted by Gasteiger charge is -2.18.